The molecule has 1 aliphatic heterocycles. The molecular formula is C46H74N6O8S. The Kier molecular flexibility index (Phi) is 22.2. The van der Waals surface area contributed by atoms with Gasteiger partial charge in [0.1, 0.15) is 16.7 Å². The standard InChI is InChI=1S/C46H74N6O8S/c1-10-13-14-17-25-59-52(44(55)40(32(7)12-3)50-42(54)37-18-15-16-24-51(37)9)38(30(4)5)28-39(60-46(58)47-23-11-2)43-49-36(29-61-43)41(53)48-35(26-33(8)45(56)57)27-34-21-19-31(6)20-22-34/h19-22,29-30,32-33,35,37-40H,10-18,23-28H2,1-9H3,(H,47,58)(H,48,53)(H,50,54)(H,56,57)/t32-,33-,35+,37+,38+,39+,40-/m0/s1. The monoisotopic (exact) mass is 871 g/mol. The topological polar surface area (TPSA) is 180 Å². The molecule has 0 saturated carbocycles. The number of piperidine rings is 1. The van der Waals surface area contributed by atoms with E-state index < -0.39 is 48.1 Å². The summed E-state index contributed by atoms with van der Waals surface area (Å²) in [6.07, 6.45) is 6.85. The number of thiazole rings is 1. The second-order valence-corrected chi connectivity index (χ2v) is 18.1. The lowest BCUT2D eigenvalue weighted by Gasteiger charge is -2.39. The van der Waals surface area contributed by atoms with Gasteiger partial charge in [-0.05, 0) is 76.4 Å². The second-order valence-electron chi connectivity index (χ2n) is 17.2. The Hall–Kier alpha value is -4.08. The number of unbranched alkanes of at least 4 members (excludes halogenated alkanes) is 3. The number of benzene rings is 1. The summed E-state index contributed by atoms with van der Waals surface area (Å²) in [4.78, 5) is 80.8. The Morgan fingerprint density at radius 1 is 0.967 bits per heavy atom. The third kappa shape index (κ3) is 16.6. The zero-order valence-corrected chi connectivity index (χ0v) is 39.0. The largest absolute Gasteiger partial charge is 0.481 e. The molecule has 0 radical (unpaired) electrons. The molecule has 2 aromatic rings. The van der Waals surface area contributed by atoms with E-state index in [-0.39, 0.29) is 54.8 Å². The van der Waals surface area contributed by atoms with Gasteiger partial charge in [-0.2, -0.15) is 0 Å². The molecule has 1 fully saturated rings. The van der Waals surface area contributed by atoms with Gasteiger partial charge in [0.05, 0.1) is 24.6 Å². The maximum Gasteiger partial charge on any atom is 0.407 e. The minimum absolute atomic E-state index is 0.102. The smallest absolute Gasteiger partial charge is 0.407 e. The number of aromatic nitrogens is 1. The lowest BCUT2D eigenvalue weighted by atomic mass is 9.93. The minimum Gasteiger partial charge on any atom is -0.481 e. The van der Waals surface area contributed by atoms with Gasteiger partial charge in [0.15, 0.2) is 6.10 Å². The fourth-order valence-corrected chi connectivity index (χ4v) is 8.31. The Bertz CT molecular complexity index is 1670. The first kappa shape index (κ1) is 51.3. The van der Waals surface area contributed by atoms with Crippen molar-refractivity contribution in [2.75, 3.05) is 26.7 Å². The average molecular weight is 871 g/mol. The molecule has 0 bridgehead atoms. The number of hydrogen-bond acceptors (Lipinski definition) is 10. The van der Waals surface area contributed by atoms with Gasteiger partial charge in [-0.25, -0.2) is 14.8 Å². The van der Waals surface area contributed by atoms with Crippen molar-refractivity contribution in [2.24, 2.45) is 17.8 Å². The van der Waals surface area contributed by atoms with Crippen LogP contribution < -0.4 is 16.0 Å². The summed E-state index contributed by atoms with van der Waals surface area (Å²) in [6.45, 7) is 17.0. The highest BCUT2D eigenvalue weighted by Crippen LogP contribution is 2.32. The summed E-state index contributed by atoms with van der Waals surface area (Å²) in [7, 11) is 1.94. The molecule has 4 amide bonds. The van der Waals surface area contributed by atoms with Crippen LogP contribution in [0.5, 0.6) is 0 Å². The predicted octanol–water partition coefficient (Wildman–Crippen LogP) is 7.85. The van der Waals surface area contributed by atoms with Crippen LogP contribution in [0.2, 0.25) is 0 Å². The first-order valence-corrected chi connectivity index (χ1v) is 23.4. The van der Waals surface area contributed by atoms with Gasteiger partial charge < -0.3 is 25.8 Å². The van der Waals surface area contributed by atoms with E-state index in [9.17, 15) is 29.1 Å². The Morgan fingerprint density at radius 2 is 1.69 bits per heavy atom. The van der Waals surface area contributed by atoms with E-state index in [1.807, 2.05) is 77.8 Å². The van der Waals surface area contributed by atoms with Crippen molar-refractivity contribution >= 4 is 41.1 Å². The van der Waals surface area contributed by atoms with Crippen LogP contribution in [0.3, 0.4) is 0 Å². The second kappa shape index (κ2) is 26.4. The number of likely N-dealkylation sites (N-methyl/N-ethyl adjacent to an activating group) is 1. The number of carbonyl (C=O) groups is 5. The van der Waals surface area contributed by atoms with Gasteiger partial charge in [0.25, 0.3) is 11.8 Å². The normalized spacial score (nSPS) is 17.4. The fourth-order valence-electron chi connectivity index (χ4n) is 7.47. The first-order valence-electron chi connectivity index (χ1n) is 22.6. The number of hydroxylamine groups is 2. The van der Waals surface area contributed by atoms with E-state index in [1.165, 1.54) is 16.4 Å². The minimum atomic E-state index is -0.974. The molecule has 2 heterocycles. The van der Waals surface area contributed by atoms with E-state index in [0.717, 1.165) is 62.6 Å². The number of carbonyl (C=O) groups excluding carboxylic acids is 4. The third-order valence-corrected chi connectivity index (χ3v) is 12.6. The van der Waals surface area contributed by atoms with Gasteiger partial charge >= 0.3 is 12.1 Å². The van der Waals surface area contributed by atoms with Gasteiger partial charge in [-0.3, -0.25) is 28.9 Å². The average Bonchev–Trinajstić information content (AvgIpc) is 3.73. The first-order chi connectivity index (χ1) is 29.1. The van der Waals surface area contributed by atoms with Crippen molar-refractivity contribution < 1.29 is 38.7 Å². The number of amides is 4. The number of nitrogens with one attached hydrogen (secondary N) is 3. The van der Waals surface area contributed by atoms with Gasteiger partial charge in [-0.15, -0.1) is 11.3 Å². The summed E-state index contributed by atoms with van der Waals surface area (Å²) in [5.74, 6) is -3.06. The summed E-state index contributed by atoms with van der Waals surface area (Å²) in [5, 5.41) is 22.0. The molecule has 7 atom stereocenters. The van der Waals surface area contributed by atoms with Crippen molar-refractivity contribution in [3.63, 3.8) is 0 Å². The fraction of sp³-hybridized carbons (Fsp3) is 0.696. The highest BCUT2D eigenvalue weighted by molar-refractivity contribution is 7.09. The summed E-state index contributed by atoms with van der Waals surface area (Å²) in [5.41, 5.74) is 2.16. The van der Waals surface area contributed by atoms with Crippen LogP contribution in [0.15, 0.2) is 29.6 Å². The van der Waals surface area contributed by atoms with E-state index in [0.29, 0.717) is 30.8 Å². The lowest BCUT2D eigenvalue weighted by molar-refractivity contribution is -0.212. The molecule has 15 heteroatoms. The maximum absolute atomic E-state index is 14.9. The molecule has 0 unspecified atom stereocenters. The van der Waals surface area contributed by atoms with Crippen LogP contribution in [0.4, 0.5) is 4.79 Å². The van der Waals surface area contributed by atoms with Crippen molar-refractivity contribution in [3.05, 3.63) is 51.5 Å². The number of likely N-dealkylation sites (tertiary alicyclic amines) is 1. The summed E-state index contributed by atoms with van der Waals surface area (Å²) < 4.78 is 6.07. The van der Waals surface area contributed by atoms with Gasteiger partial charge in [0, 0.05) is 24.4 Å². The number of carboxylic acids is 1. The van der Waals surface area contributed by atoms with Crippen LogP contribution in [0.1, 0.15) is 152 Å². The number of alkyl carbamates (subject to hydrolysis) is 1. The molecule has 61 heavy (non-hydrogen) atoms. The quantitative estimate of drug-likeness (QED) is 0.0538. The van der Waals surface area contributed by atoms with Crippen LogP contribution in [0.25, 0.3) is 0 Å². The number of carboxylic acid groups (broad SMARTS) is 1. The molecule has 1 aliphatic rings. The highest BCUT2D eigenvalue weighted by atomic mass is 32.1. The Balaban J connectivity index is 1.98. The number of aryl methyl sites for hydroxylation is 1. The maximum atomic E-state index is 14.9. The number of aliphatic carboxylic acids is 1. The zero-order chi connectivity index (χ0) is 45.1. The molecule has 0 spiro atoms. The Labute approximate surface area is 368 Å². The Morgan fingerprint density at radius 3 is 2.31 bits per heavy atom. The third-order valence-electron chi connectivity index (χ3n) is 11.6. The SMILES string of the molecule is CCCCCCON(C(=O)[C@@H](NC(=O)[C@H]1CCCCN1C)[C@@H](C)CC)[C@H](C[C@@H](OC(=O)NCCC)c1nc(C(=O)N[C@@H](Cc2ccc(C)cc2)C[C@H](C)C(=O)O)cs1)C(C)C. The molecule has 1 aromatic heterocycles. The molecule has 1 aromatic carbocycles. The van der Waals surface area contributed by atoms with E-state index in [4.69, 9.17) is 14.6 Å². The molecule has 4 N–H and O–H groups in total. The summed E-state index contributed by atoms with van der Waals surface area (Å²) in [6, 6.07) is 5.59. The molecule has 1 saturated heterocycles. The highest BCUT2D eigenvalue weighted by Gasteiger charge is 2.40. The van der Waals surface area contributed by atoms with Crippen LogP contribution >= 0.6 is 11.3 Å². The van der Waals surface area contributed by atoms with Crippen LogP contribution in [0, 0.1) is 24.7 Å². The van der Waals surface area contributed by atoms with Crippen molar-refractivity contribution in [3.8, 4) is 0 Å². The molecule has 3 rings (SSSR count). The molecule has 342 valence electrons. The predicted molar refractivity (Wildman–Crippen MR) is 239 cm³/mol. The number of hydrogen-bond donors (Lipinski definition) is 4. The van der Waals surface area contributed by atoms with E-state index in [1.54, 1.807) is 12.3 Å². The van der Waals surface area contributed by atoms with E-state index in [2.05, 4.69) is 22.9 Å². The van der Waals surface area contributed by atoms with Crippen molar-refractivity contribution in [1.29, 1.82) is 0 Å². The number of rotatable bonds is 26. The van der Waals surface area contributed by atoms with E-state index >= 15 is 0 Å². The van der Waals surface area contributed by atoms with Crippen molar-refractivity contribution in [1.82, 2.24) is 30.9 Å². The van der Waals surface area contributed by atoms with Gasteiger partial charge in [0.2, 0.25) is 5.91 Å². The van der Waals surface area contributed by atoms with Crippen molar-refractivity contribution in [2.45, 2.75) is 163 Å². The molecular weight excluding hydrogens is 797 g/mol. The molecule has 14 nitrogen and oxygen atoms in total. The molecule has 0 aliphatic carbocycles. The van der Waals surface area contributed by atoms with Gasteiger partial charge in [-0.1, -0.05) is 110 Å². The number of ether oxygens (including phenoxy) is 1. The lowest BCUT2D eigenvalue weighted by Crippen LogP contribution is -2.58. The number of nitrogens with zero attached hydrogens (tertiary/aromatic N) is 3. The zero-order valence-electron chi connectivity index (χ0n) is 38.2. The van der Waals surface area contributed by atoms with Crippen LogP contribution in [-0.2, 0) is 30.4 Å². The summed E-state index contributed by atoms with van der Waals surface area (Å²) >= 11 is 1.17. The van der Waals surface area contributed by atoms with Crippen LogP contribution in [-0.4, -0.2) is 101 Å².